The third kappa shape index (κ3) is 6.15. The van der Waals surface area contributed by atoms with Crippen molar-refractivity contribution in [3.05, 3.63) is 69.8 Å². The van der Waals surface area contributed by atoms with Gasteiger partial charge in [0.2, 0.25) is 15.9 Å². The maximum absolute atomic E-state index is 12.3. The Morgan fingerprint density at radius 3 is 2.44 bits per heavy atom. The molecule has 0 atom stereocenters. The standard InChI is InChI=1S/C18H21N3O5S/c1-14-8-9-16(21(23)24)12-17(14)19-18(22)13-20(27(2,25)26)11-10-15-6-4-3-5-7-15/h3-9,12H,10-11,13H2,1-2H3,(H,19,22). The molecule has 2 aromatic rings. The zero-order valence-corrected chi connectivity index (χ0v) is 15.9. The summed E-state index contributed by atoms with van der Waals surface area (Å²) >= 11 is 0. The van der Waals surface area contributed by atoms with Crippen molar-refractivity contribution in [2.75, 3.05) is 24.7 Å². The first kappa shape index (κ1) is 20.5. The summed E-state index contributed by atoms with van der Waals surface area (Å²) in [5, 5.41) is 13.4. The van der Waals surface area contributed by atoms with Gasteiger partial charge in [-0.3, -0.25) is 14.9 Å². The van der Waals surface area contributed by atoms with Crippen molar-refractivity contribution < 1.29 is 18.1 Å². The minimum atomic E-state index is -3.59. The number of amides is 1. The van der Waals surface area contributed by atoms with E-state index in [1.54, 1.807) is 6.92 Å². The number of hydrogen-bond acceptors (Lipinski definition) is 5. The summed E-state index contributed by atoms with van der Waals surface area (Å²) in [5.74, 6) is -0.558. The van der Waals surface area contributed by atoms with Gasteiger partial charge in [0.25, 0.3) is 5.69 Å². The van der Waals surface area contributed by atoms with Crippen LogP contribution in [0, 0.1) is 17.0 Å². The number of benzene rings is 2. The van der Waals surface area contributed by atoms with E-state index < -0.39 is 20.9 Å². The van der Waals surface area contributed by atoms with Crippen LogP contribution < -0.4 is 5.32 Å². The summed E-state index contributed by atoms with van der Waals surface area (Å²) in [4.78, 5) is 22.7. The number of rotatable bonds is 8. The van der Waals surface area contributed by atoms with Gasteiger partial charge < -0.3 is 5.32 Å². The zero-order valence-electron chi connectivity index (χ0n) is 15.1. The Labute approximate surface area is 158 Å². The Hall–Kier alpha value is -2.78. The molecule has 2 aromatic carbocycles. The van der Waals surface area contributed by atoms with Crippen molar-refractivity contribution in [3.8, 4) is 0 Å². The molecule has 0 saturated heterocycles. The van der Waals surface area contributed by atoms with E-state index in [-0.39, 0.29) is 24.5 Å². The molecule has 0 unspecified atom stereocenters. The third-order valence-electron chi connectivity index (χ3n) is 3.99. The van der Waals surface area contributed by atoms with Crippen LogP contribution in [-0.4, -0.2) is 42.9 Å². The molecule has 0 aliphatic rings. The normalized spacial score (nSPS) is 11.4. The second kappa shape index (κ2) is 8.74. The maximum Gasteiger partial charge on any atom is 0.271 e. The van der Waals surface area contributed by atoms with Gasteiger partial charge in [-0.25, -0.2) is 8.42 Å². The molecule has 144 valence electrons. The Balaban J connectivity index is 2.08. The highest BCUT2D eigenvalue weighted by Crippen LogP contribution is 2.21. The lowest BCUT2D eigenvalue weighted by Gasteiger charge is -2.20. The highest BCUT2D eigenvalue weighted by Gasteiger charge is 2.21. The SMILES string of the molecule is Cc1ccc([N+](=O)[O-])cc1NC(=O)CN(CCc1ccccc1)S(C)(=O)=O. The molecule has 1 amide bonds. The van der Waals surface area contributed by atoms with E-state index in [1.165, 1.54) is 18.2 Å². The van der Waals surface area contributed by atoms with Crippen LogP contribution in [0.3, 0.4) is 0 Å². The van der Waals surface area contributed by atoms with Crippen LogP contribution in [-0.2, 0) is 21.2 Å². The van der Waals surface area contributed by atoms with Gasteiger partial charge in [0, 0.05) is 18.7 Å². The molecule has 0 heterocycles. The van der Waals surface area contributed by atoms with Crippen LogP contribution in [0.25, 0.3) is 0 Å². The number of nitro benzene ring substituents is 1. The largest absolute Gasteiger partial charge is 0.324 e. The number of carbonyl (C=O) groups excluding carboxylic acids is 1. The van der Waals surface area contributed by atoms with Crippen molar-refractivity contribution in [1.82, 2.24) is 4.31 Å². The number of nitrogens with one attached hydrogen (secondary N) is 1. The van der Waals surface area contributed by atoms with Crippen LogP contribution in [0.4, 0.5) is 11.4 Å². The number of aryl methyl sites for hydroxylation is 1. The number of anilines is 1. The molecule has 0 aliphatic carbocycles. The number of non-ortho nitro benzene ring substituents is 1. The molecule has 27 heavy (non-hydrogen) atoms. The van der Waals surface area contributed by atoms with Crippen LogP contribution in [0.5, 0.6) is 0 Å². The average molecular weight is 391 g/mol. The predicted molar refractivity (Wildman–Crippen MR) is 103 cm³/mol. The molecular weight excluding hydrogens is 370 g/mol. The lowest BCUT2D eigenvalue weighted by molar-refractivity contribution is -0.384. The minimum Gasteiger partial charge on any atom is -0.324 e. The first-order valence-corrected chi connectivity index (χ1v) is 10.1. The Kier molecular flexibility index (Phi) is 6.65. The van der Waals surface area contributed by atoms with Crippen molar-refractivity contribution in [1.29, 1.82) is 0 Å². The molecule has 9 heteroatoms. The molecule has 1 N–H and O–H groups in total. The Morgan fingerprint density at radius 1 is 1.19 bits per heavy atom. The van der Waals surface area contributed by atoms with Gasteiger partial charge in [0.15, 0.2) is 0 Å². The van der Waals surface area contributed by atoms with Crippen LogP contribution in [0.2, 0.25) is 0 Å². The summed E-state index contributed by atoms with van der Waals surface area (Å²) in [5.41, 5.74) is 1.73. The van der Waals surface area contributed by atoms with Crippen LogP contribution >= 0.6 is 0 Å². The number of nitro groups is 1. The van der Waals surface area contributed by atoms with Gasteiger partial charge in [-0.05, 0) is 24.5 Å². The van der Waals surface area contributed by atoms with Gasteiger partial charge in [-0.1, -0.05) is 36.4 Å². The van der Waals surface area contributed by atoms with E-state index in [1.807, 2.05) is 30.3 Å². The number of hydrogen-bond donors (Lipinski definition) is 1. The van der Waals surface area contributed by atoms with Gasteiger partial charge in [-0.15, -0.1) is 0 Å². The van der Waals surface area contributed by atoms with Crippen molar-refractivity contribution >= 4 is 27.3 Å². The fourth-order valence-electron chi connectivity index (χ4n) is 2.47. The molecule has 0 aromatic heterocycles. The lowest BCUT2D eigenvalue weighted by atomic mass is 10.1. The zero-order chi connectivity index (χ0) is 20.0. The smallest absolute Gasteiger partial charge is 0.271 e. The van der Waals surface area contributed by atoms with E-state index in [0.29, 0.717) is 12.0 Å². The van der Waals surface area contributed by atoms with Crippen molar-refractivity contribution in [2.24, 2.45) is 0 Å². The van der Waals surface area contributed by atoms with Gasteiger partial charge in [-0.2, -0.15) is 4.31 Å². The average Bonchev–Trinajstić information content (AvgIpc) is 2.60. The summed E-state index contributed by atoms with van der Waals surface area (Å²) in [6.45, 7) is 1.49. The van der Waals surface area contributed by atoms with Crippen molar-refractivity contribution in [2.45, 2.75) is 13.3 Å². The van der Waals surface area contributed by atoms with E-state index in [0.717, 1.165) is 16.1 Å². The molecule has 8 nitrogen and oxygen atoms in total. The molecular formula is C18H21N3O5S. The molecule has 0 fully saturated rings. The summed E-state index contributed by atoms with van der Waals surface area (Å²) in [7, 11) is -3.59. The van der Waals surface area contributed by atoms with Gasteiger partial charge >= 0.3 is 0 Å². The van der Waals surface area contributed by atoms with Gasteiger partial charge in [0.1, 0.15) is 0 Å². The molecule has 0 bridgehead atoms. The van der Waals surface area contributed by atoms with Crippen LogP contribution in [0.15, 0.2) is 48.5 Å². The fourth-order valence-corrected chi connectivity index (χ4v) is 3.24. The predicted octanol–water partition coefficient (Wildman–Crippen LogP) is 2.35. The van der Waals surface area contributed by atoms with E-state index in [9.17, 15) is 23.3 Å². The monoisotopic (exact) mass is 391 g/mol. The number of carbonyl (C=O) groups is 1. The Bertz CT molecular complexity index is 929. The second-order valence-corrected chi connectivity index (χ2v) is 8.12. The number of sulfonamides is 1. The van der Waals surface area contributed by atoms with Gasteiger partial charge in [0.05, 0.1) is 23.4 Å². The van der Waals surface area contributed by atoms with E-state index in [4.69, 9.17) is 0 Å². The topological polar surface area (TPSA) is 110 Å². The first-order valence-electron chi connectivity index (χ1n) is 8.21. The van der Waals surface area contributed by atoms with Crippen molar-refractivity contribution in [3.63, 3.8) is 0 Å². The molecule has 0 aliphatic heterocycles. The summed E-state index contributed by atoms with van der Waals surface area (Å²) < 4.78 is 25.1. The third-order valence-corrected chi connectivity index (χ3v) is 5.24. The Morgan fingerprint density at radius 2 is 1.85 bits per heavy atom. The first-order chi connectivity index (χ1) is 12.7. The highest BCUT2D eigenvalue weighted by atomic mass is 32.2. The quantitative estimate of drug-likeness (QED) is 0.549. The maximum atomic E-state index is 12.3. The highest BCUT2D eigenvalue weighted by molar-refractivity contribution is 7.88. The fraction of sp³-hybridized carbons (Fsp3) is 0.278. The number of nitrogens with zero attached hydrogens (tertiary/aromatic N) is 2. The molecule has 0 radical (unpaired) electrons. The molecule has 0 saturated carbocycles. The van der Waals surface area contributed by atoms with E-state index >= 15 is 0 Å². The summed E-state index contributed by atoms with van der Waals surface area (Å²) in [6, 6.07) is 13.5. The molecule has 2 rings (SSSR count). The molecule has 0 spiro atoms. The van der Waals surface area contributed by atoms with E-state index in [2.05, 4.69) is 5.32 Å². The minimum absolute atomic E-state index is 0.153. The lowest BCUT2D eigenvalue weighted by Crippen LogP contribution is -2.38. The van der Waals surface area contributed by atoms with Crippen LogP contribution in [0.1, 0.15) is 11.1 Å². The summed E-state index contributed by atoms with van der Waals surface area (Å²) in [6.07, 6.45) is 1.51. The second-order valence-electron chi connectivity index (χ2n) is 6.14.